The summed E-state index contributed by atoms with van der Waals surface area (Å²) < 4.78 is 25.0. The van der Waals surface area contributed by atoms with E-state index in [0.29, 0.717) is 11.8 Å². The highest BCUT2D eigenvalue weighted by Gasteiger charge is 2.15. The van der Waals surface area contributed by atoms with Gasteiger partial charge >= 0.3 is 0 Å². The van der Waals surface area contributed by atoms with Crippen LogP contribution < -0.4 is 18.9 Å². The summed E-state index contributed by atoms with van der Waals surface area (Å²) >= 11 is 0. The lowest BCUT2D eigenvalue weighted by molar-refractivity contribution is 0.267. The van der Waals surface area contributed by atoms with Crippen LogP contribution in [0.15, 0.2) is 36.4 Å². The van der Waals surface area contributed by atoms with Crippen molar-refractivity contribution in [2.45, 2.75) is 214 Å². The fourth-order valence-electron chi connectivity index (χ4n) is 8.57. The van der Waals surface area contributed by atoms with Crippen LogP contribution in [0.1, 0.15) is 208 Å². The minimum absolute atomic E-state index is 0.706. The first kappa shape index (κ1) is 57.2. The lowest BCUT2D eigenvalue weighted by atomic mass is 9.97. The molecule has 0 aliphatic rings. The van der Waals surface area contributed by atoms with Crippen molar-refractivity contribution in [1.29, 1.82) is 0 Å². The van der Waals surface area contributed by atoms with Gasteiger partial charge in [0, 0.05) is 10.8 Å². The number of fused-ring (bicyclic) bond motifs is 1. The Labute approximate surface area is 397 Å². The maximum atomic E-state index is 6.39. The van der Waals surface area contributed by atoms with Crippen LogP contribution in [-0.4, -0.2) is 26.4 Å². The number of hydrogen-bond acceptors (Lipinski definition) is 4. The average molecular weight is 887 g/mol. The van der Waals surface area contributed by atoms with Crippen molar-refractivity contribution in [2.24, 2.45) is 47.3 Å². The molecule has 0 aromatic heterocycles. The van der Waals surface area contributed by atoms with Crippen LogP contribution in [-0.2, 0) is 0 Å². The molecule has 0 aliphatic carbocycles. The number of rotatable bonds is 32. The molecular weight excluding hydrogens is 785 g/mol. The Hall–Kier alpha value is -2.88. The maximum absolute atomic E-state index is 6.39. The summed E-state index contributed by atoms with van der Waals surface area (Å²) in [6.07, 6.45) is 20.3. The SMILES string of the molecule is Cc1cc(OCCC(C)CCCC(C)C)c(C)cc1OCCC(C)CCCC(C)C.Cc1ccc2c(OCCC(C)CCCC(C)C)c(C)ccc2c1OCCC(C)CCCC(C)C. The van der Waals surface area contributed by atoms with Gasteiger partial charge in [-0.1, -0.05) is 184 Å². The molecule has 0 N–H and O–H groups in total. The second kappa shape index (κ2) is 31.9. The van der Waals surface area contributed by atoms with Crippen molar-refractivity contribution >= 4 is 10.8 Å². The molecular formula is C60H102O4. The summed E-state index contributed by atoms with van der Waals surface area (Å²) in [7, 11) is 0. The highest BCUT2D eigenvalue weighted by atomic mass is 16.5. The zero-order chi connectivity index (χ0) is 47.6. The number of hydrogen-bond donors (Lipinski definition) is 0. The van der Waals surface area contributed by atoms with E-state index in [9.17, 15) is 0 Å². The molecule has 0 fully saturated rings. The van der Waals surface area contributed by atoms with Crippen LogP contribution in [0.3, 0.4) is 0 Å². The van der Waals surface area contributed by atoms with Crippen molar-refractivity contribution in [1.82, 2.24) is 0 Å². The predicted molar refractivity (Wildman–Crippen MR) is 281 cm³/mol. The van der Waals surface area contributed by atoms with Crippen LogP contribution in [0.5, 0.6) is 23.0 Å². The molecule has 0 bridgehead atoms. The highest BCUT2D eigenvalue weighted by molar-refractivity contribution is 5.95. The quantitative estimate of drug-likeness (QED) is 0.0626. The first-order chi connectivity index (χ1) is 30.4. The molecule has 0 aliphatic heterocycles. The van der Waals surface area contributed by atoms with E-state index in [1.165, 1.54) is 110 Å². The van der Waals surface area contributed by atoms with Crippen LogP contribution in [0, 0.1) is 75.0 Å². The van der Waals surface area contributed by atoms with Crippen LogP contribution in [0.25, 0.3) is 10.8 Å². The topological polar surface area (TPSA) is 36.9 Å². The molecule has 3 aromatic rings. The third-order valence-corrected chi connectivity index (χ3v) is 13.3. The summed E-state index contributed by atoms with van der Waals surface area (Å²) in [5, 5.41) is 2.36. The van der Waals surface area contributed by atoms with Gasteiger partial charge in [-0.3, -0.25) is 0 Å². The molecule has 3 rings (SSSR count). The summed E-state index contributed by atoms with van der Waals surface area (Å²) in [6.45, 7) is 39.6. The lowest BCUT2D eigenvalue weighted by Gasteiger charge is -2.19. The van der Waals surface area contributed by atoms with Gasteiger partial charge in [-0.05, 0) is 135 Å². The normalized spacial score (nSPS) is 13.6. The fraction of sp³-hybridized carbons (Fsp3) is 0.733. The molecule has 64 heavy (non-hydrogen) atoms. The predicted octanol–water partition coefficient (Wildman–Crippen LogP) is 18.7. The zero-order valence-corrected chi connectivity index (χ0v) is 44.9. The van der Waals surface area contributed by atoms with Gasteiger partial charge in [0.2, 0.25) is 0 Å². The highest BCUT2D eigenvalue weighted by Crippen LogP contribution is 2.38. The second-order valence-corrected chi connectivity index (χ2v) is 22.2. The average Bonchev–Trinajstić information content (AvgIpc) is 3.20. The molecule has 4 unspecified atom stereocenters. The van der Waals surface area contributed by atoms with Gasteiger partial charge in [0.25, 0.3) is 0 Å². The van der Waals surface area contributed by atoms with Crippen LogP contribution >= 0.6 is 0 Å². The van der Waals surface area contributed by atoms with Crippen molar-refractivity contribution in [3.63, 3.8) is 0 Å². The maximum Gasteiger partial charge on any atom is 0.130 e. The second-order valence-electron chi connectivity index (χ2n) is 22.2. The van der Waals surface area contributed by atoms with Crippen molar-refractivity contribution in [3.05, 3.63) is 58.7 Å². The summed E-state index contributed by atoms with van der Waals surface area (Å²) in [6, 6.07) is 13.1. The van der Waals surface area contributed by atoms with Gasteiger partial charge in [0.1, 0.15) is 23.0 Å². The van der Waals surface area contributed by atoms with Gasteiger partial charge in [-0.2, -0.15) is 0 Å². The van der Waals surface area contributed by atoms with Crippen LogP contribution in [0.2, 0.25) is 0 Å². The van der Waals surface area contributed by atoms with Gasteiger partial charge < -0.3 is 18.9 Å². The van der Waals surface area contributed by atoms with Crippen molar-refractivity contribution in [2.75, 3.05) is 26.4 Å². The Balaban J connectivity index is 0.000000444. The molecule has 0 radical (unpaired) electrons. The van der Waals surface area contributed by atoms with E-state index in [1.807, 2.05) is 0 Å². The van der Waals surface area contributed by atoms with Crippen LogP contribution in [0.4, 0.5) is 0 Å². The van der Waals surface area contributed by atoms with Gasteiger partial charge in [-0.15, -0.1) is 0 Å². The Morgan fingerprint density at radius 3 is 0.844 bits per heavy atom. The van der Waals surface area contributed by atoms with Crippen molar-refractivity contribution in [3.8, 4) is 23.0 Å². The van der Waals surface area contributed by atoms with Gasteiger partial charge in [-0.25, -0.2) is 0 Å². The van der Waals surface area contributed by atoms with E-state index in [-0.39, 0.29) is 0 Å². The molecule has 4 nitrogen and oxygen atoms in total. The molecule has 0 saturated heterocycles. The molecule has 366 valence electrons. The molecule has 0 spiro atoms. The molecule has 0 heterocycles. The fourth-order valence-corrected chi connectivity index (χ4v) is 8.57. The summed E-state index contributed by atoms with van der Waals surface area (Å²) in [5.74, 6) is 10.2. The zero-order valence-electron chi connectivity index (χ0n) is 44.9. The molecule has 3 aromatic carbocycles. The lowest BCUT2D eigenvalue weighted by Crippen LogP contribution is -2.07. The Morgan fingerprint density at radius 2 is 0.578 bits per heavy atom. The standard InChI is InChI=1S/C32H52O2.C28H50O2/c1-23(2)11-9-13-25(5)19-21-33-31-27(7)15-18-30-29(31)17-16-28(8)32(30)34-22-20-26(6)14-10-12-24(3)4;1-21(2)11-9-13-23(5)15-17-29-27-19-26(8)28(20-25(27)7)30-18-16-24(6)14-10-12-22(3)4/h15-18,23-26H,9-14,19-22H2,1-8H3;19-24H,9-18H2,1-8H3. The molecule has 4 heteroatoms. The minimum Gasteiger partial charge on any atom is -0.493 e. The smallest absolute Gasteiger partial charge is 0.130 e. The molecule has 0 saturated carbocycles. The van der Waals surface area contributed by atoms with Gasteiger partial charge in [0.05, 0.1) is 26.4 Å². The van der Waals surface area contributed by atoms with E-state index in [2.05, 4.69) is 147 Å². The Kier molecular flexibility index (Phi) is 28.6. The summed E-state index contributed by atoms with van der Waals surface area (Å²) in [5.41, 5.74) is 4.75. The summed E-state index contributed by atoms with van der Waals surface area (Å²) in [4.78, 5) is 0. The van der Waals surface area contributed by atoms with Gasteiger partial charge in [0.15, 0.2) is 0 Å². The van der Waals surface area contributed by atoms with E-state index in [1.54, 1.807) is 0 Å². The minimum atomic E-state index is 0.706. The first-order valence-corrected chi connectivity index (χ1v) is 26.5. The van der Waals surface area contributed by atoms with E-state index >= 15 is 0 Å². The van der Waals surface area contributed by atoms with E-state index in [0.717, 1.165) is 111 Å². The van der Waals surface area contributed by atoms with Crippen molar-refractivity contribution < 1.29 is 18.9 Å². The third-order valence-electron chi connectivity index (χ3n) is 13.3. The Morgan fingerprint density at radius 1 is 0.312 bits per heavy atom. The number of benzene rings is 3. The van der Waals surface area contributed by atoms with E-state index in [4.69, 9.17) is 18.9 Å². The molecule has 0 amide bonds. The Bertz CT molecular complexity index is 1550. The third kappa shape index (κ3) is 24.1. The number of aryl methyl sites for hydroxylation is 4. The number of ether oxygens (including phenoxy) is 4. The molecule has 4 atom stereocenters. The van der Waals surface area contributed by atoms with E-state index < -0.39 is 0 Å². The first-order valence-electron chi connectivity index (χ1n) is 26.5. The largest absolute Gasteiger partial charge is 0.493 e. The monoisotopic (exact) mass is 887 g/mol.